The molecule has 1 aliphatic heterocycles. The molecule has 1 aliphatic rings. The summed E-state index contributed by atoms with van der Waals surface area (Å²) >= 11 is 0. The van der Waals surface area contributed by atoms with Gasteiger partial charge in [0.15, 0.2) is 0 Å². The van der Waals surface area contributed by atoms with Crippen LogP contribution in [0.2, 0.25) is 0 Å². The average molecular weight is 301 g/mol. The zero-order valence-electron chi connectivity index (χ0n) is 14.6. The number of hydrogen-bond donors (Lipinski definition) is 0. The van der Waals surface area contributed by atoms with Crippen molar-refractivity contribution >= 4 is 5.97 Å². The molecule has 5 heteroatoms. The van der Waals surface area contributed by atoms with Crippen LogP contribution in [0.4, 0.5) is 0 Å². The van der Waals surface area contributed by atoms with Gasteiger partial charge in [0.25, 0.3) is 0 Å². The van der Waals surface area contributed by atoms with Gasteiger partial charge < -0.3 is 14.3 Å². The van der Waals surface area contributed by atoms with E-state index in [9.17, 15) is 4.79 Å². The molecular formula is C16H31NO4. The lowest BCUT2D eigenvalue weighted by molar-refractivity contribution is -0.260. The molecule has 0 saturated carbocycles. The van der Waals surface area contributed by atoms with E-state index in [1.165, 1.54) is 6.92 Å². The molecule has 21 heavy (non-hydrogen) atoms. The van der Waals surface area contributed by atoms with Crippen LogP contribution in [0.25, 0.3) is 0 Å². The highest BCUT2D eigenvalue weighted by molar-refractivity contribution is 5.65. The third-order valence-corrected chi connectivity index (χ3v) is 3.62. The summed E-state index contributed by atoms with van der Waals surface area (Å²) in [6.07, 6.45) is 0.778. The molecule has 0 aromatic heterocycles. The van der Waals surface area contributed by atoms with E-state index in [0.29, 0.717) is 26.4 Å². The second-order valence-electron chi connectivity index (χ2n) is 7.96. The SMILES string of the molecule is CC(=O)ON1C(C)(C)CCOCC(C)(C)COCC1(C)C. The van der Waals surface area contributed by atoms with Crippen LogP contribution in [-0.2, 0) is 19.1 Å². The predicted octanol–water partition coefficient (Wildman–Crippen LogP) is 2.79. The Morgan fingerprint density at radius 2 is 1.52 bits per heavy atom. The highest BCUT2D eigenvalue weighted by Gasteiger charge is 2.41. The fourth-order valence-electron chi connectivity index (χ4n) is 2.64. The number of ether oxygens (including phenoxy) is 2. The molecule has 0 atom stereocenters. The van der Waals surface area contributed by atoms with E-state index in [1.54, 1.807) is 5.06 Å². The average Bonchev–Trinajstić information content (AvgIpc) is 2.31. The largest absolute Gasteiger partial charge is 0.381 e. The first-order chi connectivity index (χ1) is 9.46. The summed E-state index contributed by atoms with van der Waals surface area (Å²) in [5, 5.41) is 1.77. The van der Waals surface area contributed by atoms with Crippen molar-refractivity contribution in [2.75, 3.05) is 26.4 Å². The van der Waals surface area contributed by atoms with Gasteiger partial charge in [0.2, 0.25) is 0 Å². The van der Waals surface area contributed by atoms with Gasteiger partial charge in [-0.15, -0.1) is 5.06 Å². The maximum Gasteiger partial charge on any atom is 0.322 e. The molecule has 1 heterocycles. The molecule has 0 aromatic rings. The van der Waals surface area contributed by atoms with Crippen molar-refractivity contribution in [1.82, 2.24) is 5.06 Å². The van der Waals surface area contributed by atoms with Crippen molar-refractivity contribution < 1.29 is 19.1 Å². The van der Waals surface area contributed by atoms with E-state index in [-0.39, 0.29) is 16.9 Å². The summed E-state index contributed by atoms with van der Waals surface area (Å²) in [7, 11) is 0. The van der Waals surface area contributed by atoms with Crippen LogP contribution < -0.4 is 0 Å². The molecular weight excluding hydrogens is 270 g/mol. The number of rotatable bonds is 1. The van der Waals surface area contributed by atoms with Crippen LogP contribution in [0.15, 0.2) is 0 Å². The monoisotopic (exact) mass is 301 g/mol. The van der Waals surface area contributed by atoms with Gasteiger partial charge >= 0.3 is 5.97 Å². The lowest BCUT2D eigenvalue weighted by Crippen LogP contribution is -2.58. The van der Waals surface area contributed by atoms with Gasteiger partial charge in [-0.2, -0.15) is 0 Å². The van der Waals surface area contributed by atoms with E-state index < -0.39 is 5.54 Å². The smallest absolute Gasteiger partial charge is 0.322 e. The molecule has 5 nitrogen and oxygen atoms in total. The summed E-state index contributed by atoms with van der Waals surface area (Å²) in [5.74, 6) is -0.313. The van der Waals surface area contributed by atoms with E-state index >= 15 is 0 Å². The minimum absolute atomic E-state index is 0.0170. The molecule has 0 amide bonds. The Morgan fingerprint density at radius 1 is 0.952 bits per heavy atom. The van der Waals surface area contributed by atoms with Gasteiger partial charge in [0, 0.05) is 18.9 Å². The summed E-state index contributed by atoms with van der Waals surface area (Å²) in [6, 6.07) is 0. The second-order valence-corrected chi connectivity index (χ2v) is 7.96. The van der Waals surface area contributed by atoms with E-state index in [1.807, 2.05) is 13.8 Å². The molecule has 1 fully saturated rings. The second kappa shape index (κ2) is 6.63. The van der Waals surface area contributed by atoms with Crippen LogP contribution in [0.1, 0.15) is 54.9 Å². The molecule has 0 aliphatic carbocycles. The lowest BCUT2D eigenvalue weighted by Gasteiger charge is -2.45. The first-order valence-electron chi connectivity index (χ1n) is 7.61. The van der Waals surface area contributed by atoms with Gasteiger partial charge in [-0.3, -0.25) is 4.79 Å². The Kier molecular flexibility index (Phi) is 5.81. The van der Waals surface area contributed by atoms with E-state index in [4.69, 9.17) is 14.3 Å². The summed E-state index contributed by atoms with van der Waals surface area (Å²) in [5.41, 5.74) is -0.751. The maximum atomic E-state index is 11.5. The van der Waals surface area contributed by atoms with Crippen molar-refractivity contribution in [3.63, 3.8) is 0 Å². The van der Waals surface area contributed by atoms with Gasteiger partial charge in [0.05, 0.1) is 30.9 Å². The fourth-order valence-corrected chi connectivity index (χ4v) is 2.64. The Bertz CT molecular complexity index is 363. The molecule has 0 bridgehead atoms. The van der Waals surface area contributed by atoms with E-state index in [0.717, 1.165) is 6.42 Å². The predicted molar refractivity (Wildman–Crippen MR) is 81.8 cm³/mol. The van der Waals surface area contributed by atoms with Crippen molar-refractivity contribution in [2.24, 2.45) is 5.41 Å². The number of carbonyl (C=O) groups is 1. The molecule has 0 aromatic carbocycles. The summed E-state index contributed by atoms with van der Waals surface area (Å²) in [6.45, 7) is 16.3. The van der Waals surface area contributed by atoms with Crippen LogP contribution >= 0.6 is 0 Å². The topological polar surface area (TPSA) is 48.0 Å². The number of hydroxylamine groups is 2. The normalized spacial score (nSPS) is 26.6. The number of nitrogens with zero attached hydrogens (tertiary/aromatic N) is 1. The van der Waals surface area contributed by atoms with Crippen molar-refractivity contribution in [3.8, 4) is 0 Å². The first kappa shape index (κ1) is 18.4. The minimum Gasteiger partial charge on any atom is -0.381 e. The highest BCUT2D eigenvalue weighted by Crippen LogP contribution is 2.30. The summed E-state index contributed by atoms with van der Waals surface area (Å²) in [4.78, 5) is 17.0. The van der Waals surface area contributed by atoms with Gasteiger partial charge in [-0.05, 0) is 34.1 Å². The Hall–Kier alpha value is -0.650. The van der Waals surface area contributed by atoms with Crippen molar-refractivity contribution in [2.45, 2.75) is 66.0 Å². The van der Waals surface area contributed by atoms with E-state index in [2.05, 4.69) is 27.7 Å². The Balaban J connectivity index is 2.98. The van der Waals surface area contributed by atoms with Gasteiger partial charge in [0.1, 0.15) is 0 Å². The fraction of sp³-hybridized carbons (Fsp3) is 0.938. The standard InChI is InChI=1S/C16H31NO4/c1-13(18)21-17-15(4,5)8-9-19-10-14(2,3)11-20-12-16(17,6)7/h8-12H2,1-7H3. The zero-order valence-corrected chi connectivity index (χ0v) is 14.6. The minimum atomic E-state index is -0.407. The van der Waals surface area contributed by atoms with Crippen LogP contribution in [-0.4, -0.2) is 48.5 Å². The van der Waals surface area contributed by atoms with Gasteiger partial charge in [-0.25, -0.2) is 0 Å². The summed E-state index contributed by atoms with van der Waals surface area (Å²) < 4.78 is 11.7. The third-order valence-electron chi connectivity index (χ3n) is 3.62. The quantitative estimate of drug-likeness (QED) is 0.745. The van der Waals surface area contributed by atoms with Gasteiger partial charge in [-0.1, -0.05) is 13.8 Å². The molecule has 0 radical (unpaired) electrons. The number of carbonyl (C=O) groups excluding carboxylic acids is 1. The van der Waals surface area contributed by atoms with Crippen LogP contribution in [0, 0.1) is 5.41 Å². The maximum absolute atomic E-state index is 11.5. The molecule has 0 unspecified atom stereocenters. The molecule has 124 valence electrons. The molecule has 1 rings (SSSR count). The van der Waals surface area contributed by atoms with Crippen molar-refractivity contribution in [1.29, 1.82) is 0 Å². The Morgan fingerprint density at radius 3 is 2.10 bits per heavy atom. The third kappa shape index (κ3) is 5.57. The molecule has 0 spiro atoms. The van der Waals surface area contributed by atoms with Crippen molar-refractivity contribution in [3.05, 3.63) is 0 Å². The molecule has 1 saturated heterocycles. The zero-order chi connectivity index (χ0) is 16.3. The van der Waals surface area contributed by atoms with Crippen LogP contribution in [0.3, 0.4) is 0 Å². The lowest BCUT2D eigenvalue weighted by atomic mass is 9.94. The number of hydrogen-bond acceptors (Lipinski definition) is 5. The Labute approximate surface area is 128 Å². The van der Waals surface area contributed by atoms with Crippen LogP contribution in [0.5, 0.6) is 0 Å². The highest BCUT2D eigenvalue weighted by atomic mass is 16.7. The first-order valence-corrected chi connectivity index (χ1v) is 7.61. The molecule has 0 N–H and O–H groups in total.